The van der Waals surface area contributed by atoms with Crippen molar-refractivity contribution in [2.24, 2.45) is 0 Å². The Hall–Kier alpha value is -1.93. The zero-order valence-electron chi connectivity index (χ0n) is 17.5. The van der Waals surface area contributed by atoms with Crippen LogP contribution in [0.2, 0.25) is 0 Å². The van der Waals surface area contributed by atoms with E-state index in [9.17, 15) is 0 Å². The molecule has 0 aliphatic carbocycles. The van der Waals surface area contributed by atoms with Gasteiger partial charge < -0.3 is 24.8 Å². The Morgan fingerprint density at radius 2 is 0.806 bits per heavy atom. The fourth-order valence-corrected chi connectivity index (χ4v) is 4.39. The minimum Gasteiger partial charge on any atom is -1.00 e. The second-order valence-corrected chi connectivity index (χ2v) is 7.54. The van der Waals surface area contributed by atoms with Crippen molar-refractivity contribution in [2.45, 2.75) is 13.8 Å². The van der Waals surface area contributed by atoms with Crippen molar-refractivity contribution >= 4 is 43.1 Å². The number of fused-ring (bicyclic) bond motifs is 6. The third-order valence-corrected chi connectivity index (χ3v) is 5.69. The Kier molecular flexibility index (Phi) is 8.65. The summed E-state index contributed by atoms with van der Waals surface area (Å²) in [6.07, 6.45) is 0. The van der Waals surface area contributed by atoms with Crippen molar-refractivity contribution in [3.8, 4) is 0 Å². The molecule has 0 bridgehead atoms. The van der Waals surface area contributed by atoms with E-state index in [-0.39, 0.29) is 50.7 Å². The van der Waals surface area contributed by atoms with Crippen LogP contribution in [0.4, 0.5) is 0 Å². The zero-order chi connectivity index (χ0) is 19.1. The minimum absolute atomic E-state index is 0. The Bertz CT molecular complexity index is 1330. The largest absolute Gasteiger partial charge is 4.00 e. The van der Waals surface area contributed by atoms with Crippen LogP contribution in [-0.2, 0) is 25.8 Å². The fraction of sp³-hybridized carbons (Fsp3) is 0.0714. The molecular weight excluding hydrogens is 586 g/mol. The first-order valence-electron chi connectivity index (χ1n) is 9.80. The molecule has 0 nitrogen and oxygen atoms in total. The first kappa shape index (κ1) is 25.3. The minimum atomic E-state index is 0. The van der Waals surface area contributed by atoms with Crippen LogP contribution in [0.3, 0.4) is 0 Å². The van der Waals surface area contributed by atoms with Crippen molar-refractivity contribution in [2.75, 3.05) is 0 Å². The summed E-state index contributed by atoms with van der Waals surface area (Å²) >= 11 is 0. The molecule has 6 aromatic rings. The Balaban J connectivity index is 0.000000201. The smallest absolute Gasteiger partial charge is 1.00 e. The molecule has 152 valence electrons. The third-order valence-electron chi connectivity index (χ3n) is 5.69. The van der Waals surface area contributed by atoms with Crippen molar-refractivity contribution in [3.05, 3.63) is 108 Å². The number of rotatable bonds is 0. The summed E-state index contributed by atoms with van der Waals surface area (Å²) in [4.78, 5) is 0. The summed E-state index contributed by atoms with van der Waals surface area (Å²) in [5.74, 6) is 0. The summed E-state index contributed by atoms with van der Waals surface area (Å²) in [7, 11) is 0. The van der Waals surface area contributed by atoms with Crippen LogP contribution in [-0.4, -0.2) is 0 Å². The number of halogens is 2. The van der Waals surface area contributed by atoms with E-state index >= 15 is 0 Å². The van der Waals surface area contributed by atoms with Gasteiger partial charge in [0.2, 0.25) is 0 Å². The normalized spacial score (nSPS) is 10.1. The van der Waals surface area contributed by atoms with Crippen LogP contribution < -0.4 is 24.8 Å². The monoisotopic (exact) mass is 608 g/mol. The summed E-state index contributed by atoms with van der Waals surface area (Å²) in [6, 6.07) is 34.6. The predicted octanol–water partition coefficient (Wildman–Crippen LogP) is 2.05. The molecule has 0 saturated heterocycles. The van der Waals surface area contributed by atoms with Gasteiger partial charge in [-0.15, -0.1) is 79.5 Å². The standard InChI is InChI=1S/2C14H11.2ClH.Hf/c2*1-10-5-4-7-12-9-11-6-2-3-8-13(11)14(10)12;;;/h2*2-9H,1H3;2*1H;/q2*-1;;;+4/p-2. The summed E-state index contributed by atoms with van der Waals surface area (Å²) in [5.41, 5.74) is 2.73. The molecule has 6 aromatic carbocycles. The molecule has 0 spiro atoms. The van der Waals surface area contributed by atoms with Gasteiger partial charge in [-0.05, 0) is 13.8 Å². The quantitative estimate of drug-likeness (QED) is 0.183. The van der Waals surface area contributed by atoms with E-state index in [1.54, 1.807) is 0 Å². The maximum absolute atomic E-state index is 2.26. The summed E-state index contributed by atoms with van der Waals surface area (Å²) in [5, 5.41) is 11.0. The molecule has 31 heavy (non-hydrogen) atoms. The molecule has 0 aliphatic rings. The van der Waals surface area contributed by atoms with E-state index in [1.807, 2.05) is 0 Å². The number of aryl methyl sites for hydroxylation is 2. The van der Waals surface area contributed by atoms with Gasteiger partial charge in [-0.3, -0.25) is 0 Å². The topological polar surface area (TPSA) is 0 Å². The van der Waals surface area contributed by atoms with Crippen molar-refractivity contribution in [3.63, 3.8) is 0 Å². The average molecular weight is 608 g/mol. The van der Waals surface area contributed by atoms with Crippen molar-refractivity contribution in [1.29, 1.82) is 0 Å². The van der Waals surface area contributed by atoms with E-state index in [0.717, 1.165) is 0 Å². The second kappa shape index (κ2) is 10.6. The predicted molar refractivity (Wildman–Crippen MR) is 124 cm³/mol. The van der Waals surface area contributed by atoms with Gasteiger partial charge in [-0.1, -0.05) is 71.8 Å². The zero-order valence-corrected chi connectivity index (χ0v) is 22.6. The molecular formula is C28H22Cl2Hf. The van der Waals surface area contributed by atoms with Crippen LogP contribution in [0.5, 0.6) is 0 Å². The van der Waals surface area contributed by atoms with Gasteiger partial charge in [-0.25, -0.2) is 0 Å². The Labute approximate surface area is 214 Å². The molecule has 6 rings (SSSR count). The Morgan fingerprint density at radius 3 is 1.23 bits per heavy atom. The van der Waals surface area contributed by atoms with E-state index in [1.165, 1.54) is 54.2 Å². The average Bonchev–Trinajstić information content (AvgIpc) is 3.28. The first-order valence-corrected chi connectivity index (χ1v) is 9.80. The first-order chi connectivity index (χ1) is 13.7. The van der Waals surface area contributed by atoms with Gasteiger partial charge >= 0.3 is 25.8 Å². The molecule has 0 amide bonds. The van der Waals surface area contributed by atoms with Gasteiger partial charge in [0.05, 0.1) is 0 Å². The number of hydrogen-bond donors (Lipinski definition) is 0. The van der Waals surface area contributed by atoms with Gasteiger partial charge in [-0.2, -0.15) is 0 Å². The molecule has 0 atom stereocenters. The second-order valence-electron chi connectivity index (χ2n) is 7.54. The molecule has 0 aliphatic heterocycles. The van der Waals surface area contributed by atoms with E-state index in [4.69, 9.17) is 0 Å². The summed E-state index contributed by atoms with van der Waals surface area (Å²) in [6.45, 7) is 4.35. The molecule has 3 heteroatoms. The van der Waals surface area contributed by atoms with E-state index in [2.05, 4.69) is 111 Å². The molecule has 0 radical (unpaired) electrons. The van der Waals surface area contributed by atoms with Crippen LogP contribution in [0.15, 0.2) is 97.1 Å². The molecule has 0 saturated carbocycles. The van der Waals surface area contributed by atoms with Gasteiger partial charge in [0, 0.05) is 0 Å². The van der Waals surface area contributed by atoms with Crippen LogP contribution in [0.25, 0.3) is 43.1 Å². The van der Waals surface area contributed by atoms with Crippen LogP contribution in [0.1, 0.15) is 11.1 Å². The number of benzene rings is 4. The fourth-order valence-electron chi connectivity index (χ4n) is 4.39. The van der Waals surface area contributed by atoms with Crippen LogP contribution >= 0.6 is 0 Å². The van der Waals surface area contributed by atoms with Crippen LogP contribution in [0, 0.1) is 13.8 Å². The molecule has 0 heterocycles. The van der Waals surface area contributed by atoms with Crippen molar-refractivity contribution in [1.82, 2.24) is 0 Å². The number of hydrogen-bond acceptors (Lipinski definition) is 0. The van der Waals surface area contributed by atoms with Crippen molar-refractivity contribution < 1.29 is 50.7 Å². The molecule has 0 N–H and O–H groups in total. The Morgan fingerprint density at radius 1 is 0.452 bits per heavy atom. The van der Waals surface area contributed by atoms with Gasteiger partial charge in [0.1, 0.15) is 0 Å². The van der Waals surface area contributed by atoms with Gasteiger partial charge in [0.15, 0.2) is 0 Å². The van der Waals surface area contributed by atoms with Gasteiger partial charge in [0.25, 0.3) is 0 Å². The van der Waals surface area contributed by atoms with E-state index in [0.29, 0.717) is 0 Å². The SMILES string of the molecule is Cc1cccc2[cH-]c3ccccc3c12.Cc1cccc2[cH-]c3ccccc3c12.[Cl-].[Cl-].[Hf+4]. The van der Waals surface area contributed by atoms with E-state index < -0.39 is 0 Å². The maximum Gasteiger partial charge on any atom is 4.00 e. The molecule has 0 fully saturated rings. The summed E-state index contributed by atoms with van der Waals surface area (Å²) < 4.78 is 0. The molecule has 0 unspecified atom stereocenters. The third kappa shape index (κ3) is 4.65. The maximum atomic E-state index is 2.26. The molecule has 0 aromatic heterocycles.